The molecule has 0 bridgehead atoms. The summed E-state index contributed by atoms with van der Waals surface area (Å²) in [6, 6.07) is 5.96. The molecule has 0 amide bonds. The van der Waals surface area contributed by atoms with Crippen LogP contribution in [0.1, 0.15) is 24.4 Å². The Bertz CT molecular complexity index is 396. The summed E-state index contributed by atoms with van der Waals surface area (Å²) in [6.45, 7) is 0. The van der Waals surface area contributed by atoms with Crippen LogP contribution in [0, 0.1) is 12.3 Å². The predicted octanol–water partition coefficient (Wildman–Crippen LogP) is 2.38. The van der Waals surface area contributed by atoms with Crippen LogP contribution in [0.3, 0.4) is 0 Å². The van der Waals surface area contributed by atoms with E-state index in [1.165, 1.54) is 0 Å². The Labute approximate surface area is 103 Å². The molecule has 0 aliphatic carbocycles. The smallest absolute Gasteiger partial charge is 0.123 e. The molecule has 0 aliphatic heterocycles. The summed E-state index contributed by atoms with van der Waals surface area (Å²) in [5.41, 5.74) is 1.07. The molecule has 0 spiro atoms. The fourth-order valence-corrected chi connectivity index (χ4v) is 1.79. The van der Waals surface area contributed by atoms with Crippen molar-refractivity contribution in [2.45, 2.75) is 18.9 Å². The molecule has 0 aliphatic rings. The summed E-state index contributed by atoms with van der Waals surface area (Å²) in [7, 11) is 5.24. The summed E-state index contributed by atoms with van der Waals surface area (Å²) >= 11 is 0. The summed E-state index contributed by atoms with van der Waals surface area (Å²) in [5.74, 6) is 4.33. The number of ether oxygens (including phenoxy) is 2. The molecule has 1 aromatic carbocycles. The van der Waals surface area contributed by atoms with E-state index in [4.69, 9.17) is 15.9 Å². The Morgan fingerprint density at radius 3 is 2.65 bits per heavy atom. The minimum atomic E-state index is 0.177. The van der Waals surface area contributed by atoms with Crippen LogP contribution in [0.5, 0.6) is 11.5 Å². The molecule has 0 saturated heterocycles. The summed E-state index contributed by atoms with van der Waals surface area (Å²) < 4.78 is 10.6. The van der Waals surface area contributed by atoms with Gasteiger partial charge in [-0.1, -0.05) is 0 Å². The van der Waals surface area contributed by atoms with Gasteiger partial charge in [-0.15, -0.1) is 12.3 Å². The van der Waals surface area contributed by atoms with Crippen LogP contribution in [-0.4, -0.2) is 21.3 Å². The van der Waals surface area contributed by atoms with Gasteiger partial charge in [-0.05, 0) is 31.7 Å². The first-order chi connectivity index (χ1) is 8.26. The predicted molar refractivity (Wildman–Crippen MR) is 69.4 cm³/mol. The average Bonchev–Trinajstić information content (AvgIpc) is 2.39. The van der Waals surface area contributed by atoms with Gasteiger partial charge in [0.25, 0.3) is 0 Å². The number of terminal acetylenes is 1. The van der Waals surface area contributed by atoms with E-state index in [-0.39, 0.29) is 6.04 Å². The molecule has 1 rings (SSSR count). The maximum absolute atomic E-state index is 5.36. The van der Waals surface area contributed by atoms with E-state index in [1.807, 2.05) is 25.2 Å². The van der Waals surface area contributed by atoms with Crippen molar-refractivity contribution in [1.29, 1.82) is 0 Å². The minimum Gasteiger partial charge on any atom is -0.497 e. The zero-order valence-electron chi connectivity index (χ0n) is 10.6. The molecule has 0 heterocycles. The van der Waals surface area contributed by atoms with Gasteiger partial charge in [0.2, 0.25) is 0 Å². The van der Waals surface area contributed by atoms with Gasteiger partial charge in [-0.25, -0.2) is 0 Å². The van der Waals surface area contributed by atoms with E-state index in [0.717, 1.165) is 29.9 Å². The van der Waals surface area contributed by atoms with Crippen molar-refractivity contribution in [3.8, 4) is 23.8 Å². The lowest BCUT2D eigenvalue weighted by Gasteiger charge is -2.19. The summed E-state index contributed by atoms with van der Waals surface area (Å²) in [4.78, 5) is 0. The molecular formula is C14H19NO2. The first kappa shape index (κ1) is 13.4. The van der Waals surface area contributed by atoms with Gasteiger partial charge >= 0.3 is 0 Å². The Morgan fingerprint density at radius 1 is 1.35 bits per heavy atom. The van der Waals surface area contributed by atoms with Crippen LogP contribution in [0.25, 0.3) is 0 Å². The number of methoxy groups -OCH3 is 2. The van der Waals surface area contributed by atoms with Crippen LogP contribution in [0.2, 0.25) is 0 Å². The van der Waals surface area contributed by atoms with E-state index >= 15 is 0 Å². The van der Waals surface area contributed by atoms with Gasteiger partial charge < -0.3 is 14.8 Å². The van der Waals surface area contributed by atoms with E-state index in [1.54, 1.807) is 14.2 Å². The molecule has 3 heteroatoms. The zero-order chi connectivity index (χ0) is 12.7. The third kappa shape index (κ3) is 3.40. The molecule has 0 aromatic heterocycles. The van der Waals surface area contributed by atoms with Gasteiger partial charge in [0.15, 0.2) is 0 Å². The molecule has 1 atom stereocenters. The topological polar surface area (TPSA) is 30.5 Å². The minimum absolute atomic E-state index is 0.177. The van der Waals surface area contributed by atoms with Crippen molar-refractivity contribution in [2.24, 2.45) is 0 Å². The maximum atomic E-state index is 5.36. The molecule has 0 radical (unpaired) electrons. The molecule has 0 saturated carbocycles. The lowest BCUT2D eigenvalue weighted by molar-refractivity contribution is 0.389. The van der Waals surface area contributed by atoms with Gasteiger partial charge in [0.1, 0.15) is 11.5 Å². The second-order valence-electron chi connectivity index (χ2n) is 3.69. The number of rotatable bonds is 6. The Kier molecular flexibility index (Phi) is 5.38. The van der Waals surface area contributed by atoms with Crippen LogP contribution >= 0.6 is 0 Å². The standard InChI is InChI=1S/C14H19NO2/c1-5-6-7-13(15-2)12-10-11(16-3)8-9-14(12)17-4/h1,8-10,13,15H,6-7H2,2-4H3. The molecule has 0 fully saturated rings. The van der Waals surface area contributed by atoms with Gasteiger partial charge in [-0.2, -0.15) is 0 Å². The average molecular weight is 233 g/mol. The second kappa shape index (κ2) is 6.82. The lowest BCUT2D eigenvalue weighted by atomic mass is 10.0. The van der Waals surface area contributed by atoms with E-state index in [9.17, 15) is 0 Å². The second-order valence-corrected chi connectivity index (χ2v) is 3.69. The molecule has 92 valence electrons. The monoisotopic (exact) mass is 233 g/mol. The van der Waals surface area contributed by atoms with Crippen LogP contribution < -0.4 is 14.8 Å². The zero-order valence-corrected chi connectivity index (χ0v) is 10.6. The molecule has 1 N–H and O–H groups in total. The van der Waals surface area contributed by atoms with Crippen molar-refractivity contribution in [3.05, 3.63) is 23.8 Å². The third-order valence-corrected chi connectivity index (χ3v) is 2.74. The number of hydrogen-bond acceptors (Lipinski definition) is 3. The Hall–Kier alpha value is -1.66. The quantitative estimate of drug-likeness (QED) is 0.765. The number of nitrogens with one attached hydrogen (secondary N) is 1. The van der Waals surface area contributed by atoms with Crippen molar-refractivity contribution < 1.29 is 9.47 Å². The fraction of sp³-hybridized carbons (Fsp3) is 0.429. The lowest BCUT2D eigenvalue weighted by Crippen LogP contribution is -2.17. The SMILES string of the molecule is C#CCCC(NC)c1cc(OC)ccc1OC. The van der Waals surface area contributed by atoms with Gasteiger partial charge in [0.05, 0.1) is 14.2 Å². The maximum Gasteiger partial charge on any atom is 0.123 e. The first-order valence-electron chi connectivity index (χ1n) is 5.59. The van der Waals surface area contributed by atoms with Crippen molar-refractivity contribution >= 4 is 0 Å². The highest BCUT2D eigenvalue weighted by atomic mass is 16.5. The van der Waals surface area contributed by atoms with Crippen LogP contribution in [-0.2, 0) is 0 Å². The third-order valence-electron chi connectivity index (χ3n) is 2.74. The molecular weight excluding hydrogens is 214 g/mol. The fourth-order valence-electron chi connectivity index (χ4n) is 1.79. The highest BCUT2D eigenvalue weighted by Crippen LogP contribution is 2.31. The molecule has 17 heavy (non-hydrogen) atoms. The van der Waals surface area contributed by atoms with E-state index in [0.29, 0.717) is 0 Å². The van der Waals surface area contributed by atoms with E-state index < -0.39 is 0 Å². The van der Waals surface area contributed by atoms with Crippen LogP contribution in [0.4, 0.5) is 0 Å². The molecule has 1 unspecified atom stereocenters. The van der Waals surface area contributed by atoms with Crippen LogP contribution in [0.15, 0.2) is 18.2 Å². The number of benzene rings is 1. The van der Waals surface area contributed by atoms with Gasteiger partial charge in [-0.3, -0.25) is 0 Å². The van der Waals surface area contributed by atoms with Crippen molar-refractivity contribution in [2.75, 3.05) is 21.3 Å². The summed E-state index contributed by atoms with van der Waals surface area (Å²) in [5, 5.41) is 3.25. The molecule has 3 nitrogen and oxygen atoms in total. The highest BCUT2D eigenvalue weighted by Gasteiger charge is 2.14. The first-order valence-corrected chi connectivity index (χ1v) is 5.59. The normalized spacial score (nSPS) is 11.6. The Balaban J connectivity index is 3.02. The largest absolute Gasteiger partial charge is 0.497 e. The highest BCUT2D eigenvalue weighted by molar-refractivity contribution is 5.42. The molecule has 1 aromatic rings. The van der Waals surface area contributed by atoms with Crippen molar-refractivity contribution in [1.82, 2.24) is 5.32 Å². The van der Waals surface area contributed by atoms with Gasteiger partial charge in [0, 0.05) is 18.0 Å². The Morgan fingerprint density at radius 2 is 2.12 bits per heavy atom. The number of hydrogen-bond donors (Lipinski definition) is 1. The van der Waals surface area contributed by atoms with Crippen molar-refractivity contribution in [3.63, 3.8) is 0 Å². The summed E-state index contributed by atoms with van der Waals surface area (Å²) in [6.07, 6.45) is 6.90. The van der Waals surface area contributed by atoms with E-state index in [2.05, 4.69) is 11.2 Å².